The number of nitrogens with one attached hydrogen (secondary N) is 2. The van der Waals surface area contributed by atoms with Gasteiger partial charge in [0.2, 0.25) is 11.8 Å². The van der Waals surface area contributed by atoms with Crippen LogP contribution in [-0.4, -0.2) is 35.4 Å². The largest absolute Gasteiger partial charge is 0.343 e. The van der Waals surface area contributed by atoms with Gasteiger partial charge in [0.15, 0.2) is 0 Å². The summed E-state index contributed by atoms with van der Waals surface area (Å²) in [5.74, 6) is -0.679. The quantitative estimate of drug-likeness (QED) is 0.389. The molecule has 0 saturated heterocycles. The number of hydrogen-bond acceptors (Lipinski definition) is 5. The third-order valence-corrected chi connectivity index (χ3v) is 5.79. The molecule has 0 aliphatic rings. The Morgan fingerprint density at radius 3 is 2.41 bits per heavy atom. The van der Waals surface area contributed by atoms with E-state index in [1.165, 1.54) is 5.56 Å². The molecular weight excluding hydrogens is 426 g/mol. The van der Waals surface area contributed by atoms with Crippen LogP contribution in [0.25, 0.3) is 10.9 Å². The van der Waals surface area contributed by atoms with Crippen LogP contribution in [0.5, 0.6) is 0 Å². The van der Waals surface area contributed by atoms with Gasteiger partial charge in [0.25, 0.3) is 0 Å². The van der Waals surface area contributed by atoms with Gasteiger partial charge in [0.1, 0.15) is 6.04 Å². The van der Waals surface area contributed by atoms with E-state index in [4.69, 9.17) is 11.5 Å². The number of pyridine rings is 1. The van der Waals surface area contributed by atoms with Crippen molar-refractivity contribution in [3.63, 3.8) is 0 Å². The van der Waals surface area contributed by atoms with Crippen LogP contribution < -0.4 is 22.1 Å². The molecule has 0 radical (unpaired) electrons. The molecule has 0 spiro atoms. The normalized spacial score (nSPS) is 13.3. The van der Waals surface area contributed by atoms with Crippen LogP contribution in [0, 0.1) is 0 Å². The Morgan fingerprint density at radius 2 is 1.74 bits per heavy atom. The van der Waals surface area contributed by atoms with Crippen LogP contribution in [0.15, 0.2) is 60.8 Å². The SMILES string of the molecule is CC(C)(C)c1ccc(NC(=O)[C@H](Cc2cnc3ccccc3c2)NC(=O)[C@H](N)CCCN)cc1. The molecule has 3 aromatic rings. The highest BCUT2D eigenvalue weighted by atomic mass is 16.2. The molecule has 0 saturated carbocycles. The molecule has 34 heavy (non-hydrogen) atoms. The van der Waals surface area contributed by atoms with Crippen LogP contribution in [0.2, 0.25) is 0 Å². The highest BCUT2D eigenvalue weighted by Crippen LogP contribution is 2.23. The minimum atomic E-state index is -0.804. The first kappa shape index (κ1) is 25.3. The predicted octanol–water partition coefficient (Wildman–Crippen LogP) is 3.26. The van der Waals surface area contributed by atoms with E-state index < -0.39 is 12.1 Å². The molecule has 2 atom stereocenters. The average Bonchev–Trinajstić information content (AvgIpc) is 2.81. The molecule has 3 rings (SSSR count). The maximum absolute atomic E-state index is 13.2. The van der Waals surface area contributed by atoms with Gasteiger partial charge in [-0.2, -0.15) is 0 Å². The minimum Gasteiger partial charge on any atom is -0.343 e. The summed E-state index contributed by atoms with van der Waals surface area (Å²) in [6.07, 6.45) is 3.13. The summed E-state index contributed by atoms with van der Waals surface area (Å²) in [5, 5.41) is 6.74. The third-order valence-electron chi connectivity index (χ3n) is 5.79. The molecule has 6 N–H and O–H groups in total. The fourth-order valence-corrected chi connectivity index (χ4v) is 3.70. The summed E-state index contributed by atoms with van der Waals surface area (Å²) < 4.78 is 0. The number of nitrogens with zero attached hydrogens (tertiary/aromatic N) is 1. The molecule has 7 heteroatoms. The molecular formula is C27H35N5O2. The Labute approximate surface area is 201 Å². The summed E-state index contributed by atoms with van der Waals surface area (Å²) in [7, 11) is 0. The molecule has 2 aromatic carbocycles. The molecule has 7 nitrogen and oxygen atoms in total. The lowest BCUT2D eigenvalue weighted by Crippen LogP contribution is -2.51. The van der Waals surface area contributed by atoms with E-state index in [9.17, 15) is 9.59 Å². The number of amides is 2. The van der Waals surface area contributed by atoms with Crippen molar-refractivity contribution in [1.82, 2.24) is 10.3 Å². The van der Waals surface area contributed by atoms with Gasteiger partial charge in [0.05, 0.1) is 11.6 Å². The Balaban J connectivity index is 1.79. The number of fused-ring (bicyclic) bond motifs is 1. The zero-order valence-corrected chi connectivity index (χ0v) is 20.2. The summed E-state index contributed by atoms with van der Waals surface area (Å²) in [4.78, 5) is 30.4. The van der Waals surface area contributed by atoms with Crippen molar-refractivity contribution in [3.8, 4) is 0 Å². The van der Waals surface area contributed by atoms with E-state index in [0.717, 1.165) is 16.5 Å². The van der Waals surface area contributed by atoms with Crippen LogP contribution in [0.1, 0.15) is 44.7 Å². The standard InChI is InChI=1S/C27H35N5O2/c1-27(2,3)20-10-12-21(13-11-20)31-26(34)24(32-25(33)22(29)8-6-14-28)16-18-15-19-7-4-5-9-23(19)30-17-18/h4-5,7,9-13,15,17,22,24H,6,8,14,16,28-29H2,1-3H3,(H,31,34)(H,32,33)/t22-,24+/m1/s1. The zero-order valence-electron chi connectivity index (χ0n) is 20.2. The van der Waals surface area contributed by atoms with Crippen molar-refractivity contribution in [1.29, 1.82) is 0 Å². The van der Waals surface area contributed by atoms with E-state index in [1.807, 2.05) is 54.6 Å². The number of carbonyl (C=O) groups is 2. The van der Waals surface area contributed by atoms with Gasteiger partial charge in [-0.1, -0.05) is 51.1 Å². The van der Waals surface area contributed by atoms with Gasteiger partial charge in [-0.3, -0.25) is 14.6 Å². The van der Waals surface area contributed by atoms with E-state index in [0.29, 0.717) is 31.5 Å². The smallest absolute Gasteiger partial charge is 0.247 e. The molecule has 0 aliphatic carbocycles. The first-order valence-electron chi connectivity index (χ1n) is 11.7. The van der Waals surface area contributed by atoms with Crippen molar-refractivity contribution in [2.45, 2.75) is 57.5 Å². The van der Waals surface area contributed by atoms with Crippen molar-refractivity contribution in [3.05, 3.63) is 71.9 Å². The monoisotopic (exact) mass is 461 g/mol. The van der Waals surface area contributed by atoms with Crippen LogP contribution in [0.4, 0.5) is 5.69 Å². The lowest BCUT2D eigenvalue weighted by molar-refractivity contribution is -0.127. The molecule has 0 bridgehead atoms. The van der Waals surface area contributed by atoms with E-state index in [1.54, 1.807) is 6.20 Å². The van der Waals surface area contributed by atoms with Crippen molar-refractivity contribution < 1.29 is 9.59 Å². The van der Waals surface area contributed by atoms with Crippen LogP contribution in [0.3, 0.4) is 0 Å². The number of hydrogen-bond donors (Lipinski definition) is 4. The Hall–Kier alpha value is -3.29. The molecule has 2 amide bonds. The second kappa shape index (κ2) is 11.2. The summed E-state index contributed by atoms with van der Waals surface area (Å²) >= 11 is 0. The highest BCUT2D eigenvalue weighted by Gasteiger charge is 2.25. The number of rotatable bonds is 9. The second-order valence-electron chi connectivity index (χ2n) is 9.66. The van der Waals surface area contributed by atoms with Crippen molar-refractivity contribution >= 4 is 28.4 Å². The molecule has 180 valence electrons. The Bertz CT molecular complexity index is 1120. The number of anilines is 1. The lowest BCUT2D eigenvalue weighted by Gasteiger charge is -2.22. The maximum Gasteiger partial charge on any atom is 0.247 e. The first-order chi connectivity index (χ1) is 16.2. The molecule has 1 heterocycles. The lowest BCUT2D eigenvalue weighted by atomic mass is 9.87. The second-order valence-corrected chi connectivity index (χ2v) is 9.66. The van der Waals surface area contributed by atoms with Crippen molar-refractivity contribution in [2.75, 3.05) is 11.9 Å². The summed E-state index contributed by atoms with van der Waals surface area (Å²) in [6, 6.07) is 16.0. The van der Waals surface area contributed by atoms with Gasteiger partial charge >= 0.3 is 0 Å². The number of nitrogens with two attached hydrogens (primary N) is 2. The number of benzene rings is 2. The average molecular weight is 462 g/mol. The topological polar surface area (TPSA) is 123 Å². The molecule has 1 aromatic heterocycles. The predicted molar refractivity (Wildman–Crippen MR) is 137 cm³/mol. The fraction of sp³-hybridized carbons (Fsp3) is 0.370. The summed E-state index contributed by atoms with van der Waals surface area (Å²) in [5.41, 5.74) is 15.1. The van der Waals surface area contributed by atoms with Crippen molar-refractivity contribution in [2.24, 2.45) is 11.5 Å². The van der Waals surface area contributed by atoms with Gasteiger partial charge in [0, 0.05) is 23.7 Å². The van der Waals surface area contributed by atoms with Crippen LogP contribution >= 0.6 is 0 Å². The zero-order chi connectivity index (χ0) is 24.7. The number of para-hydroxylation sites is 1. The van der Waals surface area contributed by atoms with Gasteiger partial charge in [-0.25, -0.2) is 0 Å². The molecule has 0 fully saturated rings. The Morgan fingerprint density at radius 1 is 1.03 bits per heavy atom. The van der Waals surface area contributed by atoms with E-state index >= 15 is 0 Å². The van der Waals surface area contributed by atoms with Crippen LogP contribution in [-0.2, 0) is 21.4 Å². The van der Waals surface area contributed by atoms with E-state index in [2.05, 4.69) is 36.4 Å². The Kier molecular flexibility index (Phi) is 8.36. The number of carbonyl (C=O) groups excluding carboxylic acids is 2. The minimum absolute atomic E-state index is 0.0157. The summed E-state index contributed by atoms with van der Waals surface area (Å²) in [6.45, 7) is 6.87. The fourth-order valence-electron chi connectivity index (χ4n) is 3.70. The van der Waals surface area contributed by atoms with E-state index in [-0.39, 0.29) is 17.2 Å². The molecule has 0 unspecified atom stereocenters. The number of aromatic nitrogens is 1. The first-order valence-corrected chi connectivity index (χ1v) is 11.7. The van der Waals surface area contributed by atoms with Gasteiger partial charge in [-0.05, 0) is 60.2 Å². The highest BCUT2D eigenvalue weighted by molar-refractivity contribution is 5.98. The molecule has 0 aliphatic heterocycles. The maximum atomic E-state index is 13.2. The van der Waals surface area contributed by atoms with Gasteiger partial charge in [-0.15, -0.1) is 0 Å². The van der Waals surface area contributed by atoms with Gasteiger partial charge < -0.3 is 22.1 Å². The third kappa shape index (κ3) is 6.85.